The molecule has 1 unspecified atom stereocenters. The van der Waals surface area contributed by atoms with E-state index >= 15 is 0 Å². The van der Waals surface area contributed by atoms with Gasteiger partial charge in [-0.15, -0.1) is 0 Å². The number of hydrogen-bond donors (Lipinski definition) is 2. The topological polar surface area (TPSA) is 53.3 Å². The van der Waals surface area contributed by atoms with Crippen molar-refractivity contribution in [2.24, 2.45) is 7.05 Å². The molecular weight excluding hydrogens is 204 g/mol. The predicted octanol–water partition coefficient (Wildman–Crippen LogP) is 0.289. The van der Waals surface area contributed by atoms with Crippen LogP contribution in [0.3, 0.4) is 0 Å². The number of rotatable bonds is 5. The van der Waals surface area contributed by atoms with Gasteiger partial charge in [0.05, 0.1) is 18.0 Å². The van der Waals surface area contributed by atoms with Crippen molar-refractivity contribution >= 4 is 5.69 Å². The van der Waals surface area contributed by atoms with Crippen molar-refractivity contribution in [2.75, 3.05) is 31.5 Å². The SMILES string of the molecule is Cn1cc(NCC(O)CN2CCCC2)cn1. The first-order valence-corrected chi connectivity index (χ1v) is 5.87. The van der Waals surface area contributed by atoms with Crippen LogP contribution >= 0.6 is 0 Å². The molecule has 0 saturated carbocycles. The summed E-state index contributed by atoms with van der Waals surface area (Å²) in [7, 11) is 1.88. The molecule has 1 aromatic heterocycles. The molecule has 1 fully saturated rings. The molecule has 2 rings (SSSR count). The highest BCUT2D eigenvalue weighted by atomic mass is 16.3. The van der Waals surface area contributed by atoms with Gasteiger partial charge in [-0.05, 0) is 25.9 Å². The zero-order valence-corrected chi connectivity index (χ0v) is 9.76. The average molecular weight is 224 g/mol. The molecule has 1 aromatic rings. The summed E-state index contributed by atoms with van der Waals surface area (Å²) < 4.78 is 1.75. The van der Waals surface area contributed by atoms with Crippen molar-refractivity contribution in [2.45, 2.75) is 18.9 Å². The number of likely N-dealkylation sites (tertiary alicyclic amines) is 1. The lowest BCUT2D eigenvalue weighted by molar-refractivity contribution is 0.135. The van der Waals surface area contributed by atoms with E-state index < -0.39 is 0 Å². The van der Waals surface area contributed by atoms with E-state index in [1.807, 2.05) is 13.2 Å². The molecule has 1 aliphatic heterocycles. The molecule has 0 aromatic carbocycles. The van der Waals surface area contributed by atoms with Gasteiger partial charge in [0.25, 0.3) is 0 Å². The molecule has 5 heteroatoms. The quantitative estimate of drug-likeness (QED) is 0.755. The van der Waals surface area contributed by atoms with Crippen LogP contribution in [0, 0.1) is 0 Å². The van der Waals surface area contributed by atoms with Crippen LogP contribution in [0.25, 0.3) is 0 Å². The summed E-state index contributed by atoms with van der Waals surface area (Å²) in [5, 5.41) is 17.1. The molecule has 1 saturated heterocycles. The normalized spacial score (nSPS) is 18.9. The molecule has 16 heavy (non-hydrogen) atoms. The zero-order chi connectivity index (χ0) is 11.4. The Bertz CT molecular complexity index is 320. The predicted molar refractivity (Wildman–Crippen MR) is 63.4 cm³/mol. The number of anilines is 1. The number of β-amino-alcohol motifs (C(OH)–C–C–N with tert-alkyl or cyclic N) is 1. The Hall–Kier alpha value is -1.07. The summed E-state index contributed by atoms with van der Waals surface area (Å²) in [5.74, 6) is 0. The summed E-state index contributed by atoms with van der Waals surface area (Å²) in [6.45, 7) is 3.61. The molecule has 0 amide bonds. The molecule has 2 N–H and O–H groups in total. The van der Waals surface area contributed by atoms with Crippen molar-refractivity contribution < 1.29 is 5.11 Å². The van der Waals surface area contributed by atoms with Gasteiger partial charge in [0.15, 0.2) is 0 Å². The molecule has 1 aliphatic rings. The number of aliphatic hydroxyl groups excluding tert-OH is 1. The molecule has 0 bridgehead atoms. The van der Waals surface area contributed by atoms with Crippen LogP contribution in [0.15, 0.2) is 12.4 Å². The maximum absolute atomic E-state index is 9.85. The third-order valence-corrected chi connectivity index (χ3v) is 2.91. The smallest absolute Gasteiger partial charge is 0.0839 e. The number of aromatic nitrogens is 2. The highest BCUT2D eigenvalue weighted by molar-refractivity contribution is 5.37. The Labute approximate surface area is 96.1 Å². The Kier molecular flexibility index (Phi) is 3.79. The molecule has 0 radical (unpaired) electrons. The lowest BCUT2D eigenvalue weighted by atomic mass is 10.3. The molecule has 0 spiro atoms. The first-order chi connectivity index (χ1) is 7.74. The Morgan fingerprint density at radius 2 is 2.25 bits per heavy atom. The maximum Gasteiger partial charge on any atom is 0.0839 e. The van der Waals surface area contributed by atoms with Crippen LogP contribution in [-0.4, -0.2) is 52.1 Å². The zero-order valence-electron chi connectivity index (χ0n) is 9.76. The van der Waals surface area contributed by atoms with E-state index in [0.29, 0.717) is 6.54 Å². The van der Waals surface area contributed by atoms with Crippen molar-refractivity contribution in [3.63, 3.8) is 0 Å². The molecule has 5 nitrogen and oxygen atoms in total. The first kappa shape index (κ1) is 11.4. The molecular formula is C11H20N4O. The van der Waals surface area contributed by atoms with E-state index in [4.69, 9.17) is 0 Å². The van der Waals surface area contributed by atoms with E-state index in [9.17, 15) is 5.11 Å². The minimum Gasteiger partial charge on any atom is -0.390 e. The number of hydrogen-bond acceptors (Lipinski definition) is 4. The summed E-state index contributed by atoms with van der Waals surface area (Å²) in [6, 6.07) is 0. The lowest BCUT2D eigenvalue weighted by Gasteiger charge is -2.19. The second kappa shape index (κ2) is 5.32. The Morgan fingerprint density at radius 3 is 2.88 bits per heavy atom. The van der Waals surface area contributed by atoms with E-state index in [1.165, 1.54) is 12.8 Å². The molecule has 2 heterocycles. The van der Waals surface area contributed by atoms with Crippen LogP contribution in [0.1, 0.15) is 12.8 Å². The fourth-order valence-electron chi connectivity index (χ4n) is 2.08. The number of aryl methyl sites for hydroxylation is 1. The van der Waals surface area contributed by atoms with Gasteiger partial charge >= 0.3 is 0 Å². The van der Waals surface area contributed by atoms with Crippen molar-refractivity contribution in [3.05, 3.63) is 12.4 Å². The van der Waals surface area contributed by atoms with Crippen molar-refractivity contribution in [3.8, 4) is 0 Å². The van der Waals surface area contributed by atoms with Gasteiger partial charge in [0.2, 0.25) is 0 Å². The third-order valence-electron chi connectivity index (χ3n) is 2.91. The Balaban J connectivity index is 1.68. The van der Waals surface area contributed by atoms with Crippen LogP contribution in [0.2, 0.25) is 0 Å². The van der Waals surface area contributed by atoms with Crippen LogP contribution in [0.4, 0.5) is 5.69 Å². The molecule has 1 atom stereocenters. The van der Waals surface area contributed by atoms with E-state index in [-0.39, 0.29) is 6.10 Å². The summed E-state index contributed by atoms with van der Waals surface area (Å²) >= 11 is 0. The lowest BCUT2D eigenvalue weighted by Crippen LogP contribution is -2.34. The summed E-state index contributed by atoms with van der Waals surface area (Å²) in [5.41, 5.74) is 0.961. The largest absolute Gasteiger partial charge is 0.390 e. The van der Waals surface area contributed by atoms with E-state index in [1.54, 1.807) is 10.9 Å². The van der Waals surface area contributed by atoms with Crippen LogP contribution in [0.5, 0.6) is 0 Å². The van der Waals surface area contributed by atoms with Gasteiger partial charge < -0.3 is 15.3 Å². The van der Waals surface area contributed by atoms with Gasteiger partial charge in [-0.2, -0.15) is 5.10 Å². The fourth-order valence-corrected chi connectivity index (χ4v) is 2.08. The van der Waals surface area contributed by atoms with Gasteiger partial charge in [-0.25, -0.2) is 0 Å². The van der Waals surface area contributed by atoms with E-state index in [0.717, 1.165) is 25.3 Å². The number of aliphatic hydroxyl groups is 1. The average Bonchev–Trinajstić information content (AvgIpc) is 2.87. The number of nitrogens with one attached hydrogen (secondary N) is 1. The van der Waals surface area contributed by atoms with Gasteiger partial charge in [-0.3, -0.25) is 4.68 Å². The summed E-state index contributed by atoms with van der Waals surface area (Å²) in [4.78, 5) is 2.32. The van der Waals surface area contributed by atoms with Crippen LogP contribution < -0.4 is 5.32 Å². The third kappa shape index (κ3) is 3.21. The van der Waals surface area contributed by atoms with Gasteiger partial charge in [0.1, 0.15) is 0 Å². The molecule has 90 valence electrons. The monoisotopic (exact) mass is 224 g/mol. The van der Waals surface area contributed by atoms with E-state index in [2.05, 4.69) is 15.3 Å². The number of nitrogens with zero attached hydrogens (tertiary/aromatic N) is 3. The minimum atomic E-state index is -0.307. The van der Waals surface area contributed by atoms with Crippen molar-refractivity contribution in [1.29, 1.82) is 0 Å². The second-order valence-electron chi connectivity index (χ2n) is 4.45. The van der Waals surface area contributed by atoms with Gasteiger partial charge in [-0.1, -0.05) is 0 Å². The minimum absolute atomic E-state index is 0.307. The standard InChI is InChI=1S/C11H20N4O/c1-14-8-10(6-13-14)12-7-11(16)9-15-4-2-3-5-15/h6,8,11-12,16H,2-5,7,9H2,1H3. The Morgan fingerprint density at radius 1 is 1.50 bits per heavy atom. The highest BCUT2D eigenvalue weighted by Gasteiger charge is 2.15. The summed E-state index contributed by atoms with van der Waals surface area (Å²) in [6.07, 6.45) is 5.90. The highest BCUT2D eigenvalue weighted by Crippen LogP contribution is 2.08. The maximum atomic E-state index is 9.85. The van der Waals surface area contributed by atoms with Gasteiger partial charge in [0, 0.05) is 26.3 Å². The second-order valence-corrected chi connectivity index (χ2v) is 4.45. The van der Waals surface area contributed by atoms with Crippen molar-refractivity contribution in [1.82, 2.24) is 14.7 Å². The van der Waals surface area contributed by atoms with Crippen LogP contribution in [-0.2, 0) is 7.05 Å². The molecule has 0 aliphatic carbocycles. The first-order valence-electron chi connectivity index (χ1n) is 5.87. The fraction of sp³-hybridized carbons (Fsp3) is 0.727.